The largest absolute Gasteiger partial charge is 0.349 e. The lowest BCUT2D eigenvalue weighted by Crippen LogP contribution is -2.51. The molecule has 30 heavy (non-hydrogen) atoms. The average Bonchev–Trinajstić information content (AvgIpc) is 3.21. The van der Waals surface area contributed by atoms with Crippen molar-refractivity contribution in [2.45, 2.75) is 84.3 Å². The molecule has 1 aliphatic carbocycles. The monoisotopic (exact) mass is 415 g/mol. The van der Waals surface area contributed by atoms with Gasteiger partial charge in [0.25, 0.3) is 5.91 Å². The van der Waals surface area contributed by atoms with Gasteiger partial charge >= 0.3 is 6.03 Å². The molecule has 2 aliphatic heterocycles. The fourth-order valence-corrected chi connectivity index (χ4v) is 5.08. The molecule has 0 aromatic carbocycles. The van der Waals surface area contributed by atoms with Crippen LogP contribution in [0.3, 0.4) is 0 Å². The van der Waals surface area contributed by atoms with Crippen LogP contribution < -0.4 is 10.6 Å². The average molecular weight is 416 g/mol. The molecule has 164 valence electrons. The van der Waals surface area contributed by atoms with Crippen LogP contribution in [0.5, 0.6) is 0 Å². The topological polar surface area (TPSA) is 96.3 Å². The maximum atomic E-state index is 13.0. The predicted octanol–water partition coefficient (Wildman–Crippen LogP) is 2.36. The van der Waals surface area contributed by atoms with E-state index in [1.54, 1.807) is 0 Å². The van der Waals surface area contributed by atoms with Crippen LogP contribution in [0.2, 0.25) is 0 Å². The number of imidazole rings is 1. The van der Waals surface area contributed by atoms with Gasteiger partial charge in [-0.25, -0.2) is 9.78 Å². The molecule has 1 aromatic rings. The van der Waals surface area contributed by atoms with E-state index in [0.717, 1.165) is 55.1 Å². The molecule has 8 nitrogen and oxygen atoms in total. The number of aromatic nitrogens is 2. The van der Waals surface area contributed by atoms with Gasteiger partial charge in [-0.3, -0.25) is 14.5 Å². The van der Waals surface area contributed by atoms with E-state index in [-0.39, 0.29) is 23.8 Å². The lowest BCUT2D eigenvalue weighted by Gasteiger charge is -2.40. The number of rotatable bonds is 4. The molecule has 2 fully saturated rings. The molecule has 1 spiro atoms. The molecule has 3 aliphatic rings. The summed E-state index contributed by atoms with van der Waals surface area (Å²) in [4.78, 5) is 43.6. The molecule has 4 rings (SSSR count). The molecule has 4 amide bonds. The molecule has 3 heterocycles. The van der Waals surface area contributed by atoms with Crippen LogP contribution in [0, 0.1) is 11.3 Å². The normalized spacial score (nSPS) is 26.6. The number of fused-ring (bicyclic) bond motifs is 1. The number of nitrogens with one attached hydrogen (secondary N) is 2. The third-order valence-electron chi connectivity index (χ3n) is 7.04. The highest BCUT2D eigenvalue weighted by Crippen LogP contribution is 2.43. The van der Waals surface area contributed by atoms with Gasteiger partial charge in [0.1, 0.15) is 17.9 Å². The summed E-state index contributed by atoms with van der Waals surface area (Å²) in [5.74, 6) is 0.996. The van der Waals surface area contributed by atoms with E-state index in [1.807, 2.05) is 6.20 Å². The molecule has 1 saturated carbocycles. The first-order valence-corrected chi connectivity index (χ1v) is 11.1. The van der Waals surface area contributed by atoms with Crippen LogP contribution in [0.4, 0.5) is 4.79 Å². The summed E-state index contributed by atoms with van der Waals surface area (Å²) in [6, 6.07) is -0.457. The van der Waals surface area contributed by atoms with Crippen LogP contribution >= 0.6 is 0 Å². The van der Waals surface area contributed by atoms with E-state index < -0.39 is 11.6 Å². The van der Waals surface area contributed by atoms with Crippen molar-refractivity contribution in [2.24, 2.45) is 11.3 Å². The maximum Gasteiger partial charge on any atom is 0.325 e. The first kappa shape index (κ1) is 20.9. The zero-order chi connectivity index (χ0) is 21.5. The Morgan fingerprint density at radius 1 is 1.27 bits per heavy atom. The summed E-state index contributed by atoms with van der Waals surface area (Å²) in [6.07, 6.45) is 8.32. The number of urea groups is 1. The first-order chi connectivity index (χ1) is 14.2. The number of aryl methyl sites for hydroxylation is 2. The molecule has 1 saturated heterocycles. The van der Waals surface area contributed by atoms with Crippen molar-refractivity contribution < 1.29 is 14.4 Å². The van der Waals surface area contributed by atoms with Gasteiger partial charge in [0.15, 0.2) is 0 Å². The van der Waals surface area contributed by atoms with Gasteiger partial charge < -0.3 is 15.2 Å². The Labute approximate surface area is 177 Å². The Hall–Kier alpha value is -2.38. The summed E-state index contributed by atoms with van der Waals surface area (Å²) in [5.41, 5.74) is 0.177. The molecular formula is C22H33N5O3. The van der Waals surface area contributed by atoms with Crippen molar-refractivity contribution in [3.05, 3.63) is 17.7 Å². The first-order valence-electron chi connectivity index (χ1n) is 11.1. The third-order valence-corrected chi connectivity index (χ3v) is 7.04. The van der Waals surface area contributed by atoms with E-state index >= 15 is 0 Å². The molecule has 2 N–H and O–H groups in total. The minimum Gasteiger partial charge on any atom is -0.349 e. The number of hydrogen-bond donors (Lipinski definition) is 2. The van der Waals surface area contributed by atoms with Gasteiger partial charge in [0, 0.05) is 19.2 Å². The highest BCUT2D eigenvalue weighted by Gasteiger charge is 2.53. The smallest absolute Gasteiger partial charge is 0.325 e. The predicted molar refractivity (Wildman–Crippen MR) is 111 cm³/mol. The lowest BCUT2D eigenvalue weighted by molar-refractivity contribution is -0.136. The Balaban J connectivity index is 1.32. The summed E-state index contributed by atoms with van der Waals surface area (Å²) < 4.78 is 2.14. The minimum atomic E-state index is -0.831. The molecule has 0 atom stereocenters. The third kappa shape index (κ3) is 3.96. The van der Waals surface area contributed by atoms with Crippen molar-refractivity contribution in [3.63, 3.8) is 0 Å². The molecule has 0 bridgehead atoms. The molecule has 1 aromatic heterocycles. The Morgan fingerprint density at radius 3 is 2.67 bits per heavy atom. The number of amides is 4. The van der Waals surface area contributed by atoms with E-state index in [0.29, 0.717) is 25.3 Å². The number of nitrogens with zero attached hydrogens (tertiary/aromatic N) is 3. The summed E-state index contributed by atoms with van der Waals surface area (Å²) >= 11 is 0. The summed E-state index contributed by atoms with van der Waals surface area (Å²) in [5, 5.41) is 5.70. The fraction of sp³-hybridized carbons (Fsp3) is 0.727. The van der Waals surface area contributed by atoms with Crippen LogP contribution in [-0.2, 0) is 29.1 Å². The van der Waals surface area contributed by atoms with E-state index in [2.05, 4.69) is 41.0 Å². The van der Waals surface area contributed by atoms with Crippen molar-refractivity contribution in [1.82, 2.24) is 25.1 Å². The molecular weight excluding hydrogens is 382 g/mol. The molecule has 0 unspecified atom stereocenters. The highest BCUT2D eigenvalue weighted by molar-refractivity contribution is 6.09. The second-order valence-corrected chi connectivity index (χ2v) is 10.1. The lowest BCUT2D eigenvalue weighted by atomic mass is 9.67. The number of hydrogen-bond acceptors (Lipinski definition) is 4. The number of imide groups is 1. The summed E-state index contributed by atoms with van der Waals surface area (Å²) in [7, 11) is 0. The van der Waals surface area contributed by atoms with Crippen molar-refractivity contribution in [3.8, 4) is 0 Å². The van der Waals surface area contributed by atoms with Crippen molar-refractivity contribution >= 4 is 17.8 Å². The Kier molecular flexibility index (Phi) is 5.36. The standard InChI is InChI=1S/C22H33N5O3/c1-21(2,3)15-7-9-22(10-8-15)19(29)27(20(30)25-22)14-18(28)23-12-16-13-26-11-5-4-6-17(26)24-16/h13,15H,4-12,14H2,1-3H3,(H,23,28)(H,25,30). The van der Waals surface area contributed by atoms with E-state index in [9.17, 15) is 14.4 Å². The second-order valence-electron chi connectivity index (χ2n) is 10.1. The maximum absolute atomic E-state index is 13.0. The highest BCUT2D eigenvalue weighted by atomic mass is 16.2. The van der Waals surface area contributed by atoms with Gasteiger partial charge in [-0.15, -0.1) is 0 Å². The van der Waals surface area contributed by atoms with Crippen molar-refractivity contribution in [1.29, 1.82) is 0 Å². The fourth-order valence-electron chi connectivity index (χ4n) is 5.08. The van der Waals surface area contributed by atoms with Gasteiger partial charge in [-0.1, -0.05) is 20.8 Å². The van der Waals surface area contributed by atoms with Gasteiger partial charge in [0.05, 0.1) is 12.2 Å². The van der Waals surface area contributed by atoms with E-state index in [4.69, 9.17) is 0 Å². The molecule has 0 radical (unpaired) electrons. The number of carbonyl (C=O) groups excluding carboxylic acids is 3. The minimum absolute atomic E-state index is 0.194. The van der Waals surface area contributed by atoms with Gasteiger partial charge in [-0.2, -0.15) is 0 Å². The van der Waals surface area contributed by atoms with Gasteiger partial charge in [0.2, 0.25) is 5.91 Å². The Morgan fingerprint density at radius 2 is 2.00 bits per heavy atom. The second kappa shape index (κ2) is 7.71. The van der Waals surface area contributed by atoms with Gasteiger partial charge in [-0.05, 0) is 49.9 Å². The zero-order valence-electron chi connectivity index (χ0n) is 18.3. The van der Waals surface area contributed by atoms with Crippen LogP contribution in [0.15, 0.2) is 6.20 Å². The van der Waals surface area contributed by atoms with Crippen LogP contribution in [0.25, 0.3) is 0 Å². The zero-order valence-corrected chi connectivity index (χ0v) is 18.3. The van der Waals surface area contributed by atoms with Crippen LogP contribution in [0.1, 0.15) is 70.8 Å². The molecule has 8 heteroatoms. The van der Waals surface area contributed by atoms with Crippen molar-refractivity contribution in [2.75, 3.05) is 6.54 Å². The summed E-state index contributed by atoms with van der Waals surface area (Å²) in [6.45, 7) is 7.69. The quantitative estimate of drug-likeness (QED) is 0.738. The Bertz CT molecular complexity index is 822. The SMILES string of the molecule is CC(C)(C)C1CCC2(CC1)NC(=O)N(CC(=O)NCc1cn3c(n1)CCCC3)C2=O. The number of carbonyl (C=O) groups is 3. The van der Waals surface area contributed by atoms with E-state index in [1.165, 1.54) is 0 Å². The van der Waals surface area contributed by atoms with Crippen LogP contribution in [-0.4, -0.2) is 44.4 Å².